The second-order valence-corrected chi connectivity index (χ2v) is 8.31. The van der Waals surface area contributed by atoms with Gasteiger partial charge >= 0.3 is 23.9 Å². The highest BCUT2D eigenvalue weighted by Crippen LogP contribution is 2.07. The zero-order chi connectivity index (χ0) is 25.6. The Kier molecular flexibility index (Phi) is 19.3. The molecular weight excluding hydrogens is 440 g/mol. The van der Waals surface area contributed by atoms with E-state index in [9.17, 15) is 19.2 Å². The first kappa shape index (κ1) is 31.4. The highest BCUT2D eigenvalue weighted by molar-refractivity contribution is 5.87. The third kappa shape index (κ3) is 20.0. The molecule has 8 nitrogen and oxygen atoms in total. The van der Waals surface area contributed by atoms with Gasteiger partial charge in [0.25, 0.3) is 0 Å². The molecule has 0 saturated heterocycles. The van der Waals surface area contributed by atoms with E-state index in [1.807, 2.05) is 0 Å². The van der Waals surface area contributed by atoms with Gasteiger partial charge in [0.2, 0.25) is 0 Å². The van der Waals surface area contributed by atoms with Crippen LogP contribution in [0.25, 0.3) is 0 Å². The van der Waals surface area contributed by atoms with Crippen molar-refractivity contribution in [3.05, 3.63) is 24.3 Å². The van der Waals surface area contributed by atoms with E-state index in [0.29, 0.717) is 63.3 Å². The van der Waals surface area contributed by atoms with Crippen molar-refractivity contribution in [2.75, 3.05) is 26.4 Å². The zero-order valence-corrected chi connectivity index (χ0v) is 21.0. The number of carbonyl (C=O) groups excluding carboxylic acids is 4. The van der Waals surface area contributed by atoms with E-state index in [0.717, 1.165) is 51.4 Å². The molecule has 0 aliphatic heterocycles. The van der Waals surface area contributed by atoms with Crippen molar-refractivity contribution in [3.63, 3.8) is 0 Å². The van der Waals surface area contributed by atoms with Crippen molar-refractivity contribution in [1.82, 2.24) is 0 Å². The van der Waals surface area contributed by atoms with Crippen LogP contribution in [0, 0.1) is 0 Å². The molecule has 0 spiro atoms. The molecule has 0 aromatic heterocycles. The van der Waals surface area contributed by atoms with Crippen molar-refractivity contribution >= 4 is 23.9 Å². The second kappa shape index (κ2) is 20.9. The van der Waals surface area contributed by atoms with Gasteiger partial charge in [-0.05, 0) is 78.1 Å². The fourth-order valence-corrected chi connectivity index (χ4v) is 2.75. The fraction of sp³-hybridized carbons (Fsp3) is 0.692. The van der Waals surface area contributed by atoms with Crippen LogP contribution in [0.2, 0.25) is 0 Å². The van der Waals surface area contributed by atoms with Crippen molar-refractivity contribution < 1.29 is 38.1 Å². The Balaban J connectivity index is 3.42. The highest BCUT2D eigenvalue weighted by atomic mass is 16.5. The van der Waals surface area contributed by atoms with Crippen molar-refractivity contribution in [1.29, 1.82) is 0 Å². The van der Waals surface area contributed by atoms with Crippen LogP contribution in [-0.2, 0) is 38.1 Å². The monoisotopic (exact) mass is 482 g/mol. The van der Waals surface area contributed by atoms with Crippen LogP contribution in [0.15, 0.2) is 24.3 Å². The lowest BCUT2D eigenvalue weighted by Gasteiger charge is -2.07. The summed E-state index contributed by atoms with van der Waals surface area (Å²) in [5, 5.41) is 0. The lowest BCUT2D eigenvalue weighted by atomic mass is 10.2. The Bertz CT molecular complexity index is 597. The van der Waals surface area contributed by atoms with E-state index in [2.05, 4.69) is 13.2 Å². The standard InChI is InChI=1S/C26H42O8/c1-21(2)25(29)33-19-13-7-5-11-17-31-23(27)15-9-10-16-24(28)32-18-12-6-8-14-20-34-26(30)22(3)4/h1,3,5-20H2,2,4H3. The summed E-state index contributed by atoms with van der Waals surface area (Å²) in [7, 11) is 0. The Hall–Kier alpha value is -2.64. The Morgan fingerprint density at radius 3 is 1.06 bits per heavy atom. The summed E-state index contributed by atoms with van der Waals surface area (Å²) in [4.78, 5) is 45.9. The number of unbranched alkanes of at least 4 members (excludes halogenated alkanes) is 7. The van der Waals surface area contributed by atoms with Crippen LogP contribution in [-0.4, -0.2) is 50.3 Å². The number of ether oxygens (including phenoxy) is 4. The molecule has 0 aromatic carbocycles. The molecule has 194 valence electrons. The van der Waals surface area contributed by atoms with Crippen LogP contribution in [0.3, 0.4) is 0 Å². The van der Waals surface area contributed by atoms with Crippen molar-refractivity contribution in [3.8, 4) is 0 Å². The van der Waals surface area contributed by atoms with Gasteiger partial charge in [-0.1, -0.05) is 13.2 Å². The SMILES string of the molecule is C=C(C)C(=O)OCCCCCCOC(=O)CCCCC(=O)OCCCCCCOC(=O)C(=C)C. The molecule has 34 heavy (non-hydrogen) atoms. The smallest absolute Gasteiger partial charge is 0.333 e. The first-order valence-corrected chi connectivity index (χ1v) is 12.2. The Morgan fingerprint density at radius 2 is 0.765 bits per heavy atom. The van der Waals surface area contributed by atoms with Gasteiger partial charge < -0.3 is 18.9 Å². The van der Waals surface area contributed by atoms with Gasteiger partial charge in [0.05, 0.1) is 26.4 Å². The summed E-state index contributed by atoms with van der Waals surface area (Å²) < 4.78 is 20.4. The van der Waals surface area contributed by atoms with Crippen molar-refractivity contribution in [2.45, 2.75) is 90.9 Å². The molecule has 0 aromatic rings. The van der Waals surface area contributed by atoms with Crippen LogP contribution in [0.1, 0.15) is 90.9 Å². The molecule has 0 fully saturated rings. The van der Waals surface area contributed by atoms with Gasteiger partial charge in [0.15, 0.2) is 0 Å². The first-order chi connectivity index (χ1) is 16.2. The lowest BCUT2D eigenvalue weighted by Crippen LogP contribution is -2.08. The maximum absolute atomic E-state index is 11.7. The molecule has 0 aliphatic rings. The molecule has 0 bridgehead atoms. The minimum atomic E-state index is -0.366. The van der Waals surface area contributed by atoms with Gasteiger partial charge in [0.1, 0.15) is 0 Å². The molecule has 0 unspecified atom stereocenters. The van der Waals surface area contributed by atoms with Gasteiger partial charge in [-0.15, -0.1) is 0 Å². The molecule has 0 rings (SSSR count). The van der Waals surface area contributed by atoms with Crippen LogP contribution < -0.4 is 0 Å². The Labute approximate surface area is 204 Å². The van der Waals surface area contributed by atoms with Gasteiger partial charge in [-0.3, -0.25) is 9.59 Å². The number of rotatable bonds is 21. The summed E-state index contributed by atoms with van der Waals surface area (Å²) in [6, 6.07) is 0. The topological polar surface area (TPSA) is 105 Å². The predicted octanol–water partition coefficient (Wildman–Crippen LogP) is 4.99. The summed E-state index contributed by atoms with van der Waals surface area (Å²) in [6.07, 6.45) is 8.43. The predicted molar refractivity (Wildman–Crippen MR) is 129 cm³/mol. The number of esters is 4. The Morgan fingerprint density at radius 1 is 0.471 bits per heavy atom. The van der Waals surface area contributed by atoms with Gasteiger partial charge in [-0.25, -0.2) is 9.59 Å². The first-order valence-electron chi connectivity index (χ1n) is 12.2. The maximum atomic E-state index is 11.7. The van der Waals surface area contributed by atoms with E-state index in [1.54, 1.807) is 13.8 Å². The largest absolute Gasteiger partial charge is 0.466 e. The maximum Gasteiger partial charge on any atom is 0.333 e. The molecule has 0 radical (unpaired) electrons. The molecule has 0 saturated carbocycles. The van der Waals surface area contributed by atoms with Gasteiger partial charge in [-0.2, -0.15) is 0 Å². The zero-order valence-electron chi connectivity index (χ0n) is 21.0. The molecular formula is C26H42O8. The summed E-state index contributed by atoms with van der Waals surface area (Å²) >= 11 is 0. The van der Waals surface area contributed by atoms with Crippen LogP contribution in [0.5, 0.6) is 0 Å². The summed E-state index contributed by atoms with van der Waals surface area (Å²) in [5.41, 5.74) is 0.792. The number of hydrogen-bond acceptors (Lipinski definition) is 8. The van der Waals surface area contributed by atoms with E-state index in [1.165, 1.54) is 0 Å². The van der Waals surface area contributed by atoms with Crippen molar-refractivity contribution in [2.24, 2.45) is 0 Å². The average Bonchev–Trinajstić information content (AvgIpc) is 2.79. The fourth-order valence-electron chi connectivity index (χ4n) is 2.75. The number of hydrogen-bond donors (Lipinski definition) is 0. The summed E-state index contributed by atoms with van der Waals surface area (Å²) in [6.45, 7) is 11.8. The number of carbonyl (C=O) groups is 4. The molecule has 0 N–H and O–H groups in total. The molecule has 0 atom stereocenters. The third-order valence-electron chi connectivity index (χ3n) is 4.78. The minimum Gasteiger partial charge on any atom is -0.466 e. The lowest BCUT2D eigenvalue weighted by molar-refractivity contribution is -0.146. The van der Waals surface area contributed by atoms with E-state index >= 15 is 0 Å². The summed E-state index contributed by atoms with van der Waals surface area (Å²) in [5.74, 6) is -1.24. The van der Waals surface area contributed by atoms with E-state index in [4.69, 9.17) is 18.9 Å². The molecule has 8 heteroatoms. The minimum absolute atomic E-state index is 0.252. The van der Waals surface area contributed by atoms with E-state index in [-0.39, 0.29) is 23.9 Å². The van der Waals surface area contributed by atoms with Gasteiger partial charge in [0, 0.05) is 24.0 Å². The third-order valence-corrected chi connectivity index (χ3v) is 4.78. The van der Waals surface area contributed by atoms with E-state index < -0.39 is 0 Å². The highest BCUT2D eigenvalue weighted by Gasteiger charge is 2.07. The quantitative estimate of drug-likeness (QED) is 0.0975. The molecule has 0 amide bonds. The molecule has 0 heterocycles. The van der Waals surface area contributed by atoms with Crippen LogP contribution >= 0.6 is 0 Å². The second-order valence-electron chi connectivity index (χ2n) is 8.31. The average molecular weight is 483 g/mol. The normalized spacial score (nSPS) is 10.3. The van der Waals surface area contributed by atoms with Crippen LogP contribution in [0.4, 0.5) is 0 Å². The molecule has 0 aliphatic carbocycles.